The molecular weight excluding hydrogens is 317 g/mol. The Hall–Kier alpha value is -1.51. The molecule has 22 heavy (non-hydrogen) atoms. The largest absolute Gasteiger partial charge is 0.349 e. The van der Waals surface area contributed by atoms with E-state index in [1.165, 1.54) is 11.1 Å². The van der Waals surface area contributed by atoms with Crippen LogP contribution < -0.4 is 5.32 Å². The zero-order valence-corrected chi connectivity index (χ0v) is 13.8. The first-order chi connectivity index (χ1) is 10.5. The normalized spacial score (nSPS) is 23.7. The monoisotopic (exact) mass is 333 g/mol. The summed E-state index contributed by atoms with van der Waals surface area (Å²) in [4.78, 5) is 11.0. The summed E-state index contributed by atoms with van der Waals surface area (Å²) >= 11 is 12.2. The van der Waals surface area contributed by atoms with Crippen molar-refractivity contribution in [2.75, 3.05) is 0 Å². The van der Waals surface area contributed by atoms with Gasteiger partial charge in [-0.15, -0.1) is 0 Å². The van der Waals surface area contributed by atoms with Crippen molar-refractivity contribution in [3.63, 3.8) is 0 Å². The van der Waals surface area contributed by atoms with Crippen molar-refractivity contribution in [2.24, 2.45) is 0 Å². The van der Waals surface area contributed by atoms with E-state index in [0.29, 0.717) is 10.0 Å². The van der Waals surface area contributed by atoms with E-state index in [-0.39, 0.29) is 11.5 Å². The topological polar surface area (TPSA) is 29.1 Å². The van der Waals surface area contributed by atoms with Crippen molar-refractivity contribution in [3.05, 3.63) is 69.2 Å². The first kappa shape index (κ1) is 15.4. The van der Waals surface area contributed by atoms with Crippen molar-refractivity contribution in [3.8, 4) is 0 Å². The number of nitrogens with one attached hydrogen (secondary N) is 1. The molecule has 0 bridgehead atoms. The van der Waals surface area contributed by atoms with E-state index in [4.69, 9.17) is 23.2 Å². The number of rotatable bonds is 3. The predicted octanol–water partition coefficient (Wildman–Crippen LogP) is 4.88. The molecule has 1 amide bonds. The van der Waals surface area contributed by atoms with Gasteiger partial charge in [-0.25, -0.2) is 0 Å². The van der Waals surface area contributed by atoms with E-state index in [9.17, 15) is 4.79 Å². The summed E-state index contributed by atoms with van der Waals surface area (Å²) in [5.74, 6) is 0.271. The number of fused-ring (bicyclic) bond motifs is 1. The van der Waals surface area contributed by atoms with E-state index >= 15 is 0 Å². The molecule has 4 heteroatoms. The first-order valence-corrected chi connectivity index (χ1v) is 8.06. The van der Waals surface area contributed by atoms with E-state index in [2.05, 4.69) is 24.4 Å². The molecule has 2 aromatic rings. The van der Waals surface area contributed by atoms with E-state index in [1.807, 2.05) is 30.3 Å². The Labute approximate surface area is 140 Å². The molecule has 1 aliphatic carbocycles. The number of amides is 1. The Kier molecular flexibility index (Phi) is 4.16. The van der Waals surface area contributed by atoms with E-state index in [0.717, 1.165) is 24.8 Å². The molecule has 2 nitrogen and oxygen atoms in total. The molecule has 0 saturated heterocycles. The average Bonchev–Trinajstić information content (AvgIpc) is 2.51. The number of hydrogen-bond acceptors (Lipinski definition) is 1. The van der Waals surface area contributed by atoms with Crippen molar-refractivity contribution in [1.29, 1.82) is 0 Å². The molecule has 2 aromatic carbocycles. The molecule has 114 valence electrons. The highest BCUT2D eigenvalue weighted by atomic mass is 35.5. The lowest BCUT2D eigenvalue weighted by atomic mass is 9.71. The number of benzene rings is 2. The lowest BCUT2D eigenvalue weighted by Gasteiger charge is -2.39. The minimum atomic E-state index is -0.314. The lowest BCUT2D eigenvalue weighted by Crippen LogP contribution is -2.42. The summed E-state index contributed by atoms with van der Waals surface area (Å²) in [6, 6.07) is 14.1. The van der Waals surface area contributed by atoms with Crippen LogP contribution in [0.1, 0.15) is 42.4 Å². The lowest BCUT2D eigenvalue weighted by molar-refractivity contribution is -0.111. The quantitative estimate of drug-likeness (QED) is 0.797. The van der Waals surface area contributed by atoms with Crippen LogP contribution in [-0.4, -0.2) is 6.41 Å². The third-order valence-corrected chi connectivity index (χ3v) is 5.33. The first-order valence-electron chi connectivity index (χ1n) is 7.31. The third-order valence-electron chi connectivity index (χ3n) is 4.59. The van der Waals surface area contributed by atoms with Gasteiger partial charge in [0.1, 0.15) is 0 Å². The van der Waals surface area contributed by atoms with Crippen molar-refractivity contribution < 1.29 is 4.79 Å². The zero-order valence-electron chi connectivity index (χ0n) is 12.3. The summed E-state index contributed by atoms with van der Waals surface area (Å²) in [6.45, 7) is 2.07. The number of carbonyl (C=O) groups is 1. The fourth-order valence-electron chi connectivity index (χ4n) is 3.38. The molecule has 0 radical (unpaired) electrons. The standard InChI is InChI=1S/C18H17Cl2NO/c1-18(21-11-22)9-8-13(14-4-2-3-5-15(14)18)12-6-7-16(19)17(20)10-12/h2-7,10-11,13H,8-9H2,1H3,(H,21,22)/t13-,18-/m1/s1. The average molecular weight is 334 g/mol. The fourth-order valence-corrected chi connectivity index (χ4v) is 3.69. The van der Waals surface area contributed by atoms with Gasteiger partial charge >= 0.3 is 0 Å². The molecule has 2 atom stereocenters. The highest BCUT2D eigenvalue weighted by molar-refractivity contribution is 6.42. The van der Waals surface area contributed by atoms with Gasteiger partial charge in [0.15, 0.2) is 0 Å². The maximum absolute atomic E-state index is 11.0. The molecule has 1 aliphatic rings. The number of carbonyl (C=O) groups excluding carboxylic acids is 1. The van der Waals surface area contributed by atoms with Crippen LogP contribution >= 0.6 is 23.2 Å². The molecule has 0 aliphatic heterocycles. The molecule has 1 N–H and O–H groups in total. The molecule has 0 aromatic heterocycles. The Balaban J connectivity index is 2.08. The Bertz CT molecular complexity index is 716. The van der Waals surface area contributed by atoms with Gasteiger partial charge in [-0.1, -0.05) is 53.5 Å². The number of halogens is 2. The smallest absolute Gasteiger partial charge is 0.207 e. The van der Waals surface area contributed by atoms with Gasteiger partial charge in [-0.2, -0.15) is 0 Å². The van der Waals surface area contributed by atoms with Crippen LogP contribution in [0.15, 0.2) is 42.5 Å². The van der Waals surface area contributed by atoms with Gasteiger partial charge in [0.2, 0.25) is 6.41 Å². The van der Waals surface area contributed by atoms with Crippen LogP contribution in [0.2, 0.25) is 10.0 Å². The van der Waals surface area contributed by atoms with Gasteiger partial charge < -0.3 is 5.32 Å². The van der Waals surface area contributed by atoms with Gasteiger partial charge in [-0.05, 0) is 48.6 Å². The minimum Gasteiger partial charge on any atom is -0.349 e. The molecule has 3 rings (SSSR count). The summed E-state index contributed by atoms with van der Waals surface area (Å²) < 4.78 is 0. The Morgan fingerprint density at radius 2 is 1.95 bits per heavy atom. The number of hydrogen-bond donors (Lipinski definition) is 1. The summed E-state index contributed by atoms with van der Waals surface area (Å²) in [5, 5.41) is 4.13. The highest BCUT2D eigenvalue weighted by Crippen LogP contribution is 2.44. The second kappa shape index (κ2) is 5.94. The van der Waals surface area contributed by atoms with Gasteiger partial charge in [0, 0.05) is 5.92 Å². The fraction of sp³-hybridized carbons (Fsp3) is 0.278. The van der Waals surface area contributed by atoms with Gasteiger partial charge in [0.25, 0.3) is 0 Å². The van der Waals surface area contributed by atoms with E-state index in [1.54, 1.807) is 0 Å². The summed E-state index contributed by atoms with van der Waals surface area (Å²) in [5.41, 5.74) is 3.26. The second-order valence-corrected chi connectivity index (χ2v) is 6.76. The van der Waals surface area contributed by atoms with Crippen molar-refractivity contribution in [2.45, 2.75) is 31.2 Å². The van der Waals surface area contributed by atoms with Crippen LogP contribution in [0.3, 0.4) is 0 Å². The second-order valence-electron chi connectivity index (χ2n) is 5.95. The van der Waals surface area contributed by atoms with Crippen molar-refractivity contribution >= 4 is 29.6 Å². The SMILES string of the molecule is C[C@@]1(NC=O)CC[C@H](c2ccc(Cl)c(Cl)c2)c2ccccc21. The summed E-state index contributed by atoms with van der Waals surface area (Å²) in [6.07, 6.45) is 2.62. The summed E-state index contributed by atoms with van der Waals surface area (Å²) in [7, 11) is 0. The molecular formula is C18H17Cl2NO. The van der Waals surface area contributed by atoms with E-state index < -0.39 is 0 Å². The maximum Gasteiger partial charge on any atom is 0.207 e. The predicted molar refractivity (Wildman–Crippen MR) is 90.5 cm³/mol. The Morgan fingerprint density at radius 1 is 1.18 bits per heavy atom. The third kappa shape index (κ3) is 2.62. The van der Waals surface area contributed by atoms with Crippen LogP contribution in [-0.2, 0) is 10.3 Å². The Morgan fingerprint density at radius 3 is 2.68 bits per heavy atom. The van der Waals surface area contributed by atoms with Gasteiger partial charge in [0.05, 0.1) is 15.6 Å². The minimum absolute atomic E-state index is 0.271. The molecule has 0 fully saturated rings. The van der Waals surface area contributed by atoms with Crippen LogP contribution in [0.4, 0.5) is 0 Å². The highest BCUT2D eigenvalue weighted by Gasteiger charge is 2.36. The van der Waals surface area contributed by atoms with Gasteiger partial charge in [-0.3, -0.25) is 4.79 Å². The zero-order chi connectivity index (χ0) is 15.7. The van der Waals surface area contributed by atoms with Crippen molar-refractivity contribution in [1.82, 2.24) is 5.32 Å². The van der Waals surface area contributed by atoms with Crippen LogP contribution in [0.25, 0.3) is 0 Å². The maximum atomic E-state index is 11.0. The molecule has 0 heterocycles. The van der Waals surface area contributed by atoms with Crippen LogP contribution in [0, 0.1) is 0 Å². The van der Waals surface area contributed by atoms with Crippen LogP contribution in [0.5, 0.6) is 0 Å². The molecule has 0 saturated carbocycles. The molecule has 0 spiro atoms. The molecule has 0 unspecified atom stereocenters.